The van der Waals surface area contributed by atoms with E-state index in [1.54, 1.807) is 24.3 Å². The Kier molecular flexibility index (Phi) is 4.92. The highest BCUT2D eigenvalue weighted by Crippen LogP contribution is 2.15. The molecule has 2 rings (SSSR count). The Morgan fingerprint density at radius 1 is 1.10 bits per heavy atom. The Hall–Kier alpha value is -1.50. The van der Waals surface area contributed by atoms with Crippen LogP contribution in [0.25, 0.3) is 0 Å². The fourth-order valence-electron chi connectivity index (χ4n) is 1.79. The minimum absolute atomic E-state index is 0.0828. The van der Waals surface area contributed by atoms with E-state index < -0.39 is 26.6 Å². The van der Waals surface area contributed by atoms with Gasteiger partial charge in [-0.25, -0.2) is 21.9 Å². The smallest absolute Gasteiger partial charge is 0.211 e. The van der Waals surface area contributed by atoms with E-state index in [1.807, 2.05) is 0 Å². The molecule has 0 aliphatic rings. The van der Waals surface area contributed by atoms with Gasteiger partial charge < -0.3 is 0 Å². The van der Waals surface area contributed by atoms with Crippen LogP contribution < -0.4 is 4.72 Å². The van der Waals surface area contributed by atoms with Crippen molar-refractivity contribution in [3.63, 3.8) is 0 Å². The van der Waals surface area contributed by atoms with Gasteiger partial charge in [-0.3, -0.25) is 0 Å². The molecule has 2 aromatic rings. The first-order valence-electron chi connectivity index (χ1n) is 6.08. The quantitative estimate of drug-likeness (QED) is 0.915. The zero-order chi connectivity index (χ0) is 15.5. The van der Waals surface area contributed by atoms with Gasteiger partial charge in [0.15, 0.2) is 0 Å². The minimum Gasteiger partial charge on any atom is -0.211 e. The fraction of sp³-hybridized carbons (Fsp3) is 0.143. The molecule has 0 atom stereocenters. The van der Waals surface area contributed by atoms with Crippen molar-refractivity contribution < 1.29 is 17.2 Å². The van der Waals surface area contributed by atoms with Gasteiger partial charge in [0.25, 0.3) is 0 Å². The molecule has 7 heteroatoms. The molecule has 0 aromatic heterocycles. The molecule has 0 radical (unpaired) electrons. The van der Waals surface area contributed by atoms with E-state index in [1.165, 1.54) is 0 Å². The summed E-state index contributed by atoms with van der Waals surface area (Å²) in [7, 11) is -4.01. The van der Waals surface area contributed by atoms with Crippen molar-refractivity contribution in [1.29, 1.82) is 0 Å². The average molecular weight is 332 g/mol. The third-order valence-electron chi connectivity index (χ3n) is 2.78. The normalized spacial score (nSPS) is 11.6. The number of rotatable bonds is 5. The van der Waals surface area contributed by atoms with Gasteiger partial charge >= 0.3 is 0 Å². The Morgan fingerprint density at radius 3 is 2.52 bits per heavy atom. The number of hydrogen-bond acceptors (Lipinski definition) is 2. The average Bonchev–Trinajstić information content (AvgIpc) is 2.38. The number of nitrogens with one attached hydrogen (secondary N) is 1. The van der Waals surface area contributed by atoms with Crippen LogP contribution in [0.15, 0.2) is 47.4 Å². The number of benzene rings is 2. The molecule has 0 fully saturated rings. The van der Waals surface area contributed by atoms with Crippen LogP contribution in [0, 0.1) is 11.6 Å². The van der Waals surface area contributed by atoms with Gasteiger partial charge in [-0.05, 0) is 36.2 Å². The Bertz CT molecular complexity index is 750. The van der Waals surface area contributed by atoms with Gasteiger partial charge in [0.2, 0.25) is 10.0 Å². The van der Waals surface area contributed by atoms with Crippen LogP contribution in [0.1, 0.15) is 5.56 Å². The second kappa shape index (κ2) is 6.51. The maximum absolute atomic E-state index is 13.5. The highest BCUT2D eigenvalue weighted by Gasteiger charge is 2.18. The lowest BCUT2D eigenvalue weighted by Gasteiger charge is -2.08. The molecule has 0 bridgehead atoms. The maximum atomic E-state index is 13.5. The first-order valence-corrected chi connectivity index (χ1v) is 7.94. The molecular weight excluding hydrogens is 320 g/mol. The second-order valence-electron chi connectivity index (χ2n) is 4.35. The van der Waals surface area contributed by atoms with Gasteiger partial charge in [-0.2, -0.15) is 0 Å². The van der Waals surface area contributed by atoms with Crippen LogP contribution in [0.5, 0.6) is 0 Å². The van der Waals surface area contributed by atoms with Crippen LogP contribution in [0.4, 0.5) is 8.78 Å². The molecule has 0 aliphatic carbocycles. The minimum atomic E-state index is -4.01. The number of hydrogen-bond donors (Lipinski definition) is 1. The summed E-state index contributed by atoms with van der Waals surface area (Å²) in [6.45, 7) is 0.0828. The van der Waals surface area contributed by atoms with Crippen molar-refractivity contribution in [2.24, 2.45) is 0 Å². The standard InChI is InChI=1S/C14H12ClF2NO2S/c15-11-3-1-2-10(8-11)6-7-18-21(19,20)14-5-4-12(16)9-13(14)17/h1-5,8-9,18H,6-7H2. The van der Waals surface area contributed by atoms with Crippen molar-refractivity contribution in [2.75, 3.05) is 6.54 Å². The largest absolute Gasteiger partial charge is 0.243 e. The van der Waals surface area contributed by atoms with Crippen molar-refractivity contribution in [1.82, 2.24) is 4.72 Å². The summed E-state index contributed by atoms with van der Waals surface area (Å²) in [4.78, 5) is -0.574. The summed E-state index contributed by atoms with van der Waals surface area (Å²) in [5.41, 5.74) is 0.852. The molecule has 0 unspecified atom stereocenters. The molecule has 0 aliphatic heterocycles. The SMILES string of the molecule is O=S(=O)(NCCc1cccc(Cl)c1)c1ccc(F)cc1F. The molecule has 0 heterocycles. The second-order valence-corrected chi connectivity index (χ2v) is 6.52. The third kappa shape index (κ3) is 4.23. The van der Waals surface area contributed by atoms with Crippen LogP contribution in [0.3, 0.4) is 0 Å². The molecule has 0 saturated carbocycles. The van der Waals surface area contributed by atoms with Crippen LogP contribution >= 0.6 is 11.6 Å². The lowest BCUT2D eigenvalue weighted by atomic mass is 10.2. The molecule has 0 saturated heterocycles. The van der Waals surface area contributed by atoms with Crippen LogP contribution in [-0.4, -0.2) is 15.0 Å². The Labute approximate surface area is 126 Å². The van der Waals surface area contributed by atoms with Crippen molar-refractivity contribution in [2.45, 2.75) is 11.3 Å². The fourth-order valence-corrected chi connectivity index (χ4v) is 3.10. The molecule has 0 spiro atoms. The van der Waals surface area contributed by atoms with Crippen molar-refractivity contribution in [3.05, 3.63) is 64.7 Å². The van der Waals surface area contributed by atoms with E-state index in [0.717, 1.165) is 17.7 Å². The first kappa shape index (κ1) is 15.9. The van der Waals surface area contributed by atoms with Gasteiger partial charge in [0.1, 0.15) is 16.5 Å². The Morgan fingerprint density at radius 2 is 1.86 bits per heavy atom. The Balaban J connectivity index is 2.05. The molecule has 112 valence electrons. The monoisotopic (exact) mass is 331 g/mol. The van der Waals surface area contributed by atoms with Gasteiger partial charge in [0.05, 0.1) is 0 Å². The summed E-state index contributed by atoms with van der Waals surface area (Å²) in [5.74, 6) is -1.95. The van der Waals surface area contributed by atoms with E-state index in [4.69, 9.17) is 11.6 Å². The molecular formula is C14H12ClF2NO2S. The molecule has 2 aromatic carbocycles. The zero-order valence-electron chi connectivity index (χ0n) is 10.8. The molecule has 21 heavy (non-hydrogen) atoms. The van der Waals surface area contributed by atoms with Crippen molar-refractivity contribution in [3.8, 4) is 0 Å². The summed E-state index contributed by atoms with van der Waals surface area (Å²) in [5, 5.41) is 0.555. The van der Waals surface area contributed by atoms with E-state index in [-0.39, 0.29) is 6.54 Å². The lowest BCUT2D eigenvalue weighted by molar-refractivity contribution is 0.543. The predicted molar refractivity (Wildman–Crippen MR) is 76.7 cm³/mol. The predicted octanol–water partition coefficient (Wildman–Crippen LogP) is 3.14. The van der Waals surface area contributed by atoms with E-state index in [2.05, 4.69) is 4.72 Å². The number of halogens is 3. The van der Waals surface area contributed by atoms with Gasteiger partial charge in [0, 0.05) is 17.6 Å². The van der Waals surface area contributed by atoms with E-state index in [0.29, 0.717) is 17.5 Å². The number of sulfonamides is 1. The summed E-state index contributed by atoms with van der Waals surface area (Å²) in [6.07, 6.45) is 0.405. The van der Waals surface area contributed by atoms with Gasteiger partial charge in [-0.15, -0.1) is 0 Å². The highest BCUT2D eigenvalue weighted by molar-refractivity contribution is 7.89. The summed E-state index contributed by atoms with van der Waals surface area (Å²) in [6, 6.07) is 9.31. The van der Waals surface area contributed by atoms with E-state index >= 15 is 0 Å². The highest BCUT2D eigenvalue weighted by atomic mass is 35.5. The summed E-state index contributed by atoms with van der Waals surface area (Å²) < 4.78 is 52.4. The van der Waals surface area contributed by atoms with Gasteiger partial charge in [-0.1, -0.05) is 23.7 Å². The molecule has 3 nitrogen and oxygen atoms in total. The topological polar surface area (TPSA) is 46.2 Å². The lowest BCUT2D eigenvalue weighted by Crippen LogP contribution is -2.26. The van der Waals surface area contributed by atoms with Crippen LogP contribution in [0.2, 0.25) is 5.02 Å². The molecule has 0 amide bonds. The zero-order valence-corrected chi connectivity index (χ0v) is 12.4. The molecule has 1 N–H and O–H groups in total. The van der Waals surface area contributed by atoms with E-state index in [9.17, 15) is 17.2 Å². The maximum Gasteiger partial charge on any atom is 0.243 e. The van der Waals surface area contributed by atoms with Crippen molar-refractivity contribution >= 4 is 21.6 Å². The summed E-state index contributed by atoms with van der Waals surface area (Å²) >= 11 is 5.82. The third-order valence-corrected chi connectivity index (χ3v) is 4.51. The first-order chi connectivity index (χ1) is 9.88. The van der Waals surface area contributed by atoms with Crippen LogP contribution in [-0.2, 0) is 16.4 Å².